The number of hydrogen-bond acceptors (Lipinski definition) is 4. The van der Waals surface area contributed by atoms with Crippen molar-refractivity contribution in [2.75, 3.05) is 19.8 Å². The lowest BCUT2D eigenvalue weighted by atomic mass is 10.2. The van der Waals surface area contributed by atoms with Gasteiger partial charge in [0.1, 0.15) is 5.56 Å². The van der Waals surface area contributed by atoms with Gasteiger partial charge in [-0.25, -0.2) is 4.79 Å². The molecule has 5 nitrogen and oxygen atoms in total. The first-order valence-corrected chi connectivity index (χ1v) is 5.95. The summed E-state index contributed by atoms with van der Waals surface area (Å²) in [4.78, 5) is 11.8. The van der Waals surface area contributed by atoms with Gasteiger partial charge >= 0.3 is 5.97 Å². The average molecular weight is 238 g/mol. The number of nitrogens with zero attached hydrogens (tertiary/aromatic N) is 2. The Morgan fingerprint density at radius 1 is 1.59 bits per heavy atom. The fraction of sp³-hybridized carbons (Fsp3) is 0.667. The van der Waals surface area contributed by atoms with Gasteiger partial charge in [0.2, 0.25) is 0 Å². The van der Waals surface area contributed by atoms with E-state index in [9.17, 15) is 4.79 Å². The molecule has 1 atom stereocenters. The van der Waals surface area contributed by atoms with Crippen LogP contribution in [0, 0.1) is 13.8 Å². The predicted octanol–water partition coefficient (Wildman–Crippen LogP) is 1.64. The van der Waals surface area contributed by atoms with Crippen molar-refractivity contribution in [3.63, 3.8) is 0 Å². The molecule has 0 aliphatic carbocycles. The summed E-state index contributed by atoms with van der Waals surface area (Å²) >= 11 is 0. The number of ether oxygens (including phenoxy) is 2. The van der Waals surface area contributed by atoms with Crippen molar-refractivity contribution < 1.29 is 14.3 Å². The van der Waals surface area contributed by atoms with E-state index in [1.807, 2.05) is 18.5 Å². The minimum Gasteiger partial charge on any atom is -0.462 e. The van der Waals surface area contributed by atoms with Gasteiger partial charge in [-0.1, -0.05) is 0 Å². The van der Waals surface area contributed by atoms with Crippen molar-refractivity contribution in [2.24, 2.45) is 0 Å². The topological polar surface area (TPSA) is 53.3 Å². The Bertz CT molecular complexity index is 420. The Morgan fingerprint density at radius 3 is 2.94 bits per heavy atom. The quantitative estimate of drug-likeness (QED) is 0.751. The van der Waals surface area contributed by atoms with E-state index < -0.39 is 0 Å². The standard InChI is InChI=1S/C12H18N2O3/c1-4-17-12(15)11-8(2)13-14(9(11)3)10-5-6-16-7-10/h10H,4-7H2,1-3H3. The second-order valence-corrected chi connectivity index (χ2v) is 4.23. The summed E-state index contributed by atoms with van der Waals surface area (Å²) in [6, 6.07) is 0.247. The first-order valence-electron chi connectivity index (χ1n) is 5.95. The maximum Gasteiger partial charge on any atom is 0.341 e. The largest absolute Gasteiger partial charge is 0.462 e. The van der Waals surface area contributed by atoms with Gasteiger partial charge in [-0.05, 0) is 27.2 Å². The number of carbonyl (C=O) groups is 1. The number of esters is 1. The van der Waals surface area contributed by atoms with E-state index >= 15 is 0 Å². The molecule has 0 saturated carbocycles. The van der Waals surface area contributed by atoms with Crippen LogP contribution in [0.15, 0.2) is 0 Å². The molecule has 0 aromatic carbocycles. The molecule has 0 bridgehead atoms. The molecule has 1 aromatic rings. The Labute approximate surface area is 101 Å². The normalized spacial score (nSPS) is 19.6. The van der Waals surface area contributed by atoms with Crippen LogP contribution < -0.4 is 0 Å². The molecule has 0 amide bonds. The van der Waals surface area contributed by atoms with Crippen LogP contribution in [0.3, 0.4) is 0 Å². The highest BCUT2D eigenvalue weighted by Crippen LogP contribution is 2.23. The zero-order valence-corrected chi connectivity index (χ0v) is 10.5. The molecule has 17 heavy (non-hydrogen) atoms. The van der Waals surface area contributed by atoms with Crippen LogP contribution in [0.4, 0.5) is 0 Å². The summed E-state index contributed by atoms with van der Waals surface area (Å²) in [5.41, 5.74) is 2.20. The summed E-state index contributed by atoms with van der Waals surface area (Å²) in [6.07, 6.45) is 0.949. The molecule has 0 spiro atoms. The average Bonchev–Trinajstić information content (AvgIpc) is 2.87. The number of hydrogen-bond donors (Lipinski definition) is 0. The number of aromatic nitrogens is 2. The SMILES string of the molecule is CCOC(=O)c1c(C)nn(C2CCOC2)c1C. The molecule has 94 valence electrons. The van der Waals surface area contributed by atoms with E-state index in [0.29, 0.717) is 18.8 Å². The third-order valence-corrected chi connectivity index (χ3v) is 3.06. The molecule has 2 rings (SSSR count). The first-order chi connectivity index (χ1) is 8.15. The molecule has 1 aliphatic heterocycles. The zero-order chi connectivity index (χ0) is 12.4. The summed E-state index contributed by atoms with van der Waals surface area (Å²) < 4.78 is 12.3. The second kappa shape index (κ2) is 4.87. The predicted molar refractivity (Wildman–Crippen MR) is 62.1 cm³/mol. The fourth-order valence-corrected chi connectivity index (χ4v) is 2.23. The zero-order valence-electron chi connectivity index (χ0n) is 10.5. The molecule has 0 radical (unpaired) electrons. The summed E-state index contributed by atoms with van der Waals surface area (Å²) in [7, 11) is 0. The Balaban J connectivity index is 2.31. The van der Waals surface area contributed by atoms with Crippen molar-refractivity contribution >= 4 is 5.97 Å². The van der Waals surface area contributed by atoms with Crippen molar-refractivity contribution in [3.8, 4) is 0 Å². The van der Waals surface area contributed by atoms with Crippen molar-refractivity contribution in [1.82, 2.24) is 9.78 Å². The maximum atomic E-state index is 11.8. The molecule has 1 unspecified atom stereocenters. The molecule has 0 N–H and O–H groups in total. The van der Waals surface area contributed by atoms with Crippen molar-refractivity contribution in [3.05, 3.63) is 17.0 Å². The highest BCUT2D eigenvalue weighted by atomic mass is 16.5. The van der Waals surface area contributed by atoms with Gasteiger partial charge in [0, 0.05) is 6.61 Å². The molecule has 1 aromatic heterocycles. The monoisotopic (exact) mass is 238 g/mol. The molecule has 1 aliphatic rings. The molecular weight excluding hydrogens is 220 g/mol. The van der Waals surface area contributed by atoms with E-state index in [0.717, 1.165) is 24.4 Å². The second-order valence-electron chi connectivity index (χ2n) is 4.23. The molecule has 2 heterocycles. The van der Waals surface area contributed by atoms with Crippen LogP contribution in [-0.4, -0.2) is 35.6 Å². The van der Waals surface area contributed by atoms with Crippen LogP contribution in [0.2, 0.25) is 0 Å². The number of aryl methyl sites for hydroxylation is 1. The van der Waals surface area contributed by atoms with E-state index in [1.165, 1.54) is 0 Å². The van der Waals surface area contributed by atoms with Gasteiger partial charge in [0.05, 0.1) is 30.6 Å². The third kappa shape index (κ3) is 2.20. The third-order valence-electron chi connectivity index (χ3n) is 3.06. The highest BCUT2D eigenvalue weighted by molar-refractivity contribution is 5.91. The Morgan fingerprint density at radius 2 is 2.35 bits per heavy atom. The lowest BCUT2D eigenvalue weighted by Gasteiger charge is -2.10. The van der Waals surface area contributed by atoms with Gasteiger partial charge in [-0.3, -0.25) is 4.68 Å². The van der Waals surface area contributed by atoms with E-state index in [2.05, 4.69) is 5.10 Å². The Hall–Kier alpha value is -1.36. The minimum atomic E-state index is -0.285. The lowest BCUT2D eigenvalue weighted by molar-refractivity contribution is 0.0524. The van der Waals surface area contributed by atoms with Gasteiger partial charge in [-0.15, -0.1) is 0 Å². The van der Waals surface area contributed by atoms with Crippen LogP contribution in [-0.2, 0) is 9.47 Å². The van der Waals surface area contributed by atoms with Gasteiger partial charge in [-0.2, -0.15) is 5.10 Å². The summed E-state index contributed by atoms with van der Waals surface area (Å²) in [5, 5.41) is 4.43. The van der Waals surface area contributed by atoms with Gasteiger partial charge < -0.3 is 9.47 Å². The van der Waals surface area contributed by atoms with Crippen molar-refractivity contribution in [1.29, 1.82) is 0 Å². The van der Waals surface area contributed by atoms with Crippen LogP contribution in [0.25, 0.3) is 0 Å². The fourth-order valence-electron chi connectivity index (χ4n) is 2.23. The molecular formula is C12H18N2O3. The van der Waals surface area contributed by atoms with Crippen LogP contribution in [0.5, 0.6) is 0 Å². The van der Waals surface area contributed by atoms with Crippen LogP contribution >= 0.6 is 0 Å². The number of carbonyl (C=O) groups excluding carboxylic acids is 1. The molecule has 5 heteroatoms. The maximum absolute atomic E-state index is 11.8. The van der Waals surface area contributed by atoms with Gasteiger partial charge in [0.15, 0.2) is 0 Å². The van der Waals surface area contributed by atoms with E-state index in [4.69, 9.17) is 9.47 Å². The molecule has 1 saturated heterocycles. The first kappa shape index (κ1) is 12.1. The van der Waals surface area contributed by atoms with E-state index in [1.54, 1.807) is 6.92 Å². The summed E-state index contributed by atoms with van der Waals surface area (Å²) in [5.74, 6) is -0.285. The Kier molecular flexibility index (Phi) is 3.47. The van der Waals surface area contributed by atoms with Gasteiger partial charge in [0.25, 0.3) is 0 Å². The minimum absolute atomic E-state index is 0.247. The highest BCUT2D eigenvalue weighted by Gasteiger charge is 2.25. The van der Waals surface area contributed by atoms with Crippen LogP contribution in [0.1, 0.15) is 41.1 Å². The number of rotatable bonds is 3. The molecule has 1 fully saturated rings. The summed E-state index contributed by atoms with van der Waals surface area (Å²) in [6.45, 7) is 7.37. The van der Waals surface area contributed by atoms with Crippen molar-refractivity contribution in [2.45, 2.75) is 33.2 Å². The van der Waals surface area contributed by atoms with E-state index in [-0.39, 0.29) is 12.0 Å². The smallest absolute Gasteiger partial charge is 0.341 e. The lowest BCUT2D eigenvalue weighted by Crippen LogP contribution is -2.13.